The zero-order chi connectivity index (χ0) is 23.4. The molecule has 32 heavy (non-hydrogen) atoms. The second-order valence-corrected chi connectivity index (χ2v) is 8.17. The number of nitrogens with one attached hydrogen (secondary N) is 3. The van der Waals surface area contributed by atoms with E-state index >= 15 is 0 Å². The third kappa shape index (κ3) is 5.15. The summed E-state index contributed by atoms with van der Waals surface area (Å²) in [4.78, 5) is 26.7. The van der Waals surface area contributed by atoms with Crippen LogP contribution >= 0.6 is 35.4 Å². The second-order valence-electron chi connectivity index (χ2n) is 6.94. The van der Waals surface area contributed by atoms with Gasteiger partial charge in [-0.1, -0.05) is 35.3 Å². The Morgan fingerprint density at radius 1 is 1.16 bits per heavy atom. The maximum Gasteiger partial charge on any atom is 0.337 e. The molecule has 0 spiro atoms. The van der Waals surface area contributed by atoms with Gasteiger partial charge < -0.3 is 25.6 Å². The molecular weight excluding hydrogens is 471 g/mol. The minimum Gasteiger partial charge on any atom is -0.466 e. The van der Waals surface area contributed by atoms with Crippen molar-refractivity contribution in [1.29, 1.82) is 0 Å². The third-order valence-corrected chi connectivity index (χ3v) is 5.89. The van der Waals surface area contributed by atoms with Gasteiger partial charge in [0.2, 0.25) is 0 Å². The zero-order valence-corrected chi connectivity index (χ0v) is 20.0. The van der Waals surface area contributed by atoms with Crippen molar-refractivity contribution in [1.82, 2.24) is 10.2 Å². The van der Waals surface area contributed by atoms with E-state index in [2.05, 4.69) is 16.0 Å². The highest BCUT2D eigenvalue weighted by Gasteiger charge is 2.33. The Morgan fingerprint density at radius 3 is 2.44 bits per heavy atom. The average Bonchev–Trinajstić information content (AvgIpc) is 2.75. The molecule has 0 saturated carbocycles. The Hall–Kier alpha value is -2.81. The number of halogens is 2. The van der Waals surface area contributed by atoms with Gasteiger partial charge >= 0.3 is 12.0 Å². The van der Waals surface area contributed by atoms with Crippen molar-refractivity contribution in [2.45, 2.75) is 19.9 Å². The molecular formula is C22H22Cl2N4O3S. The van der Waals surface area contributed by atoms with E-state index in [1.807, 2.05) is 30.9 Å². The van der Waals surface area contributed by atoms with Crippen LogP contribution in [0.3, 0.4) is 0 Å². The summed E-state index contributed by atoms with van der Waals surface area (Å²) < 4.78 is 5.00. The molecule has 1 aliphatic rings. The van der Waals surface area contributed by atoms with E-state index in [1.54, 1.807) is 30.3 Å². The third-order valence-electron chi connectivity index (χ3n) is 5.00. The normalized spacial score (nSPS) is 15.8. The van der Waals surface area contributed by atoms with Crippen LogP contribution in [-0.2, 0) is 9.53 Å². The van der Waals surface area contributed by atoms with E-state index < -0.39 is 18.0 Å². The number of carbonyl (C=O) groups is 2. The summed E-state index contributed by atoms with van der Waals surface area (Å²) in [6, 6.07) is 11.0. The van der Waals surface area contributed by atoms with Crippen molar-refractivity contribution < 1.29 is 14.3 Å². The van der Waals surface area contributed by atoms with Crippen LogP contribution in [0.4, 0.5) is 16.2 Å². The lowest BCUT2D eigenvalue weighted by Gasteiger charge is -2.36. The second kappa shape index (κ2) is 10.2. The molecule has 10 heteroatoms. The van der Waals surface area contributed by atoms with Gasteiger partial charge in [0, 0.05) is 23.0 Å². The van der Waals surface area contributed by atoms with Crippen molar-refractivity contribution >= 4 is 63.9 Å². The van der Waals surface area contributed by atoms with Crippen molar-refractivity contribution in [3.63, 3.8) is 0 Å². The standard InChI is InChI=1S/C22H22Cl2N4O3S/c1-4-28-12(2)18(20(29)31-3)19(27-22(28)32)13-5-8-15(9-6-13)25-21(30)26-17-10-7-14(23)11-16(17)24/h5-11,19H,4H2,1-3H3,(H,27,32)(H2,25,26,30)/t19-/m0/s1. The van der Waals surface area contributed by atoms with Gasteiger partial charge in [0.15, 0.2) is 5.11 Å². The molecule has 0 fully saturated rings. The Morgan fingerprint density at radius 2 is 1.84 bits per heavy atom. The van der Waals surface area contributed by atoms with Gasteiger partial charge in [0.1, 0.15) is 0 Å². The van der Waals surface area contributed by atoms with Crippen LogP contribution < -0.4 is 16.0 Å². The fourth-order valence-corrected chi connectivity index (χ4v) is 4.26. The molecule has 0 bridgehead atoms. The lowest BCUT2D eigenvalue weighted by atomic mass is 9.95. The van der Waals surface area contributed by atoms with E-state index in [-0.39, 0.29) is 0 Å². The number of ether oxygens (including phenoxy) is 1. The number of methoxy groups -OCH3 is 1. The number of carbonyl (C=O) groups excluding carboxylic acids is 2. The van der Waals surface area contributed by atoms with Gasteiger partial charge in [-0.2, -0.15) is 0 Å². The number of thiocarbonyl (C=S) groups is 1. The van der Waals surface area contributed by atoms with E-state index in [4.69, 9.17) is 40.2 Å². The van der Waals surface area contributed by atoms with Crippen molar-refractivity contribution in [2.75, 3.05) is 24.3 Å². The van der Waals surface area contributed by atoms with Gasteiger partial charge in [-0.05, 0) is 62.0 Å². The smallest absolute Gasteiger partial charge is 0.337 e. The van der Waals surface area contributed by atoms with E-state index in [0.29, 0.717) is 38.7 Å². The van der Waals surface area contributed by atoms with Crippen molar-refractivity contribution in [3.05, 3.63) is 69.3 Å². The largest absolute Gasteiger partial charge is 0.466 e. The molecule has 0 aliphatic carbocycles. The van der Waals surface area contributed by atoms with Crippen LogP contribution in [0.15, 0.2) is 53.7 Å². The molecule has 0 saturated heterocycles. The molecule has 1 atom stereocenters. The molecule has 0 aromatic heterocycles. The predicted octanol–water partition coefficient (Wildman–Crippen LogP) is 5.34. The summed E-state index contributed by atoms with van der Waals surface area (Å²) in [5.41, 5.74) is 3.03. The molecule has 0 radical (unpaired) electrons. The summed E-state index contributed by atoms with van der Waals surface area (Å²) in [5, 5.41) is 9.96. The Kier molecular flexibility index (Phi) is 7.60. The Labute approximate surface area is 201 Å². The van der Waals surface area contributed by atoms with Gasteiger partial charge in [0.05, 0.1) is 29.4 Å². The minimum absolute atomic E-state index is 0.334. The number of urea groups is 1. The van der Waals surface area contributed by atoms with Crippen molar-refractivity contribution in [2.24, 2.45) is 0 Å². The van der Waals surface area contributed by atoms with Crippen LogP contribution in [0.25, 0.3) is 0 Å². The number of hydrogen-bond donors (Lipinski definition) is 3. The number of nitrogens with zero attached hydrogens (tertiary/aromatic N) is 1. The fraction of sp³-hybridized carbons (Fsp3) is 0.227. The maximum absolute atomic E-state index is 12.5. The lowest BCUT2D eigenvalue weighted by molar-refractivity contribution is -0.136. The molecule has 2 aromatic carbocycles. The van der Waals surface area contributed by atoms with Gasteiger partial charge in [0.25, 0.3) is 0 Å². The maximum atomic E-state index is 12.5. The number of esters is 1. The van der Waals surface area contributed by atoms with E-state index in [1.165, 1.54) is 7.11 Å². The monoisotopic (exact) mass is 492 g/mol. The van der Waals surface area contributed by atoms with Gasteiger partial charge in [-0.15, -0.1) is 0 Å². The Balaban J connectivity index is 1.78. The van der Waals surface area contributed by atoms with Gasteiger partial charge in [-0.3, -0.25) is 0 Å². The SMILES string of the molecule is CCN1C(=S)N[C@@H](c2ccc(NC(=O)Nc3ccc(Cl)cc3Cl)cc2)C(C(=O)OC)=C1C. The first-order chi connectivity index (χ1) is 15.2. The van der Waals surface area contributed by atoms with Crippen LogP contribution in [0.2, 0.25) is 10.0 Å². The quantitative estimate of drug-likeness (QED) is 0.386. The minimum atomic E-state index is -0.464. The summed E-state index contributed by atoms with van der Waals surface area (Å²) in [6.45, 7) is 4.42. The number of amides is 2. The molecule has 3 rings (SSSR count). The van der Waals surface area contributed by atoms with Crippen LogP contribution in [0, 0.1) is 0 Å². The van der Waals surface area contributed by atoms with Crippen LogP contribution in [0.1, 0.15) is 25.5 Å². The fourth-order valence-electron chi connectivity index (χ4n) is 3.42. The summed E-state index contributed by atoms with van der Waals surface area (Å²) in [5.74, 6) is -0.428. The number of allylic oxidation sites excluding steroid dienone is 1. The molecule has 2 aromatic rings. The lowest BCUT2D eigenvalue weighted by Crippen LogP contribution is -2.47. The molecule has 7 nitrogen and oxygen atoms in total. The highest BCUT2D eigenvalue weighted by molar-refractivity contribution is 7.80. The molecule has 3 N–H and O–H groups in total. The zero-order valence-electron chi connectivity index (χ0n) is 17.7. The molecule has 2 amide bonds. The summed E-state index contributed by atoms with van der Waals surface area (Å²) in [6.07, 6.45) is 0. The van der Waals surface area contributed by atoms with Crippen LogP contribution in [0.5, 0.6) is 0 Å². The summed E-state index contributed by atoms with van der Waals surface area (Å²) in [7, 11) is 1.35. The number of hydrogen-bond acceptors (Lipinski definition) is 4. The number of benzene rings is 2. The first kappa shape index (κ1) is 23.8. The molecule has 1 aliphatic heterocycles. The van der Waals surface area contributed by atoms with Crippen molar-refractivity contribution in [3.8, 4) is 0 Å². The Bertz CT molecular complexity index is 1090. The molecule has 1 heterocycles. The first-order valence-electron chi connectivity index (χ1n) is 9.75. The molecule has 0 unspecified atom stereocenters. The predicted molar refractivity (Wildman–Crippen MR) is 131 cm³/mol. The summed E-state index contributed by atoms with van der Waals surface area (Å²) >= 11 is 17.4. The molecule has 168 valence electrons. The van der Waals surface area contributed by atoms with Gasteiger partial charge in [-0.25, -0.2) is 9.59 Å². The highest BCUT2D eigenvalue weighted by atomic mass is 35.5. The average molecular weight is 493 g/mol. The first-order valence-corrected chi connectivity index (χ1v) is 10.9. The highest BCUT2D eigenvalue weighted by Crippen LogP contribution is 2.32. The number of rotatable bonds is 5. The number of anilines is 2. The van der Waals surface area contributed by atoms with E-state index in [9.17, 15) is 9.59 Å². The topological polar surface area (TPSA) is 82.7 Å². The van der Waals surface area contributed by atoms with E-state index in [0.717, 1.165) is 11.3 Å². The van der Waals surface area contributed by atoms with Crippen LogP contribution in [-0.4, -0.2) is 35.7 Å².